The predicted molar refractivity (Wildman–Crippen MR) is 116 cm³/mol. The van der Waals surface area contributed by atoms with Crippen molar-refractivity contribution in [1.82, 2.24) is 15.1 Å². The first-order chi connectivity index (χ1) is 14.4. The molecule has 0 spiro atoms. The molecular weight excluding hydrogens is 420 g/mol. The van der Waals surface area contributed by atoms with Crippen molar-refractivity contribution in [1.29, 1.82) is 0 Å². The second kappa shape index (κ2) is 7.75. The van der Waals surface area contributed by atoms with Gasteiger partial charge in [-0.2, -0.15) is 0 Å². The smallest absolute Gasteiger partial charge is 0.353 e. The third-order valence-corrected chi connectivity index (χ3v) is 8.77. The summed E-state index contributed by atoms with van der Waals surface area (Å²) in [5, 5.41) is 23.1. The van der Waals surface area contributed by atoms with Gasteiger partial charge in [-0.3, -0.25) is 9.59 Å². The van der Waals surface area contributed by atoms with Crippen LogP contribution in [0.5, 0.6) is 0 Å². The number of β-lactam (4-membered cyclic amide) rings is 1. The van der Waals surface area contributed by atoms with Crippen LogP contribution in [0, 0.1) is 11.8 Å². The Morgan fingerprint density at radius 2 is 1.90 bits per heavy atom. The number of nitrogens with zero attached hydrogens (tertiary/aromatic N) is 3. The molecule has 0 aromatic carbocycles. The van der Waals surface area contributed by atoms with Gasteiger partial charge in [0.15, 0.2) is 0 Å². The number of carbonyl (C=O) groups excluding carboxylic acids is 2. The molecule has 10 heteroatoms. The largest absolute Gasteiger partial charge is 0.477 e. The van der Waals surface area contributed by atoms with Crippen LogP contribution in [0.15, 0.2) is 10.6 Å². The van der Waals surface area contributed by atoms with Gasteiger partial charge in [0, 0.05) is 22.6 Å². The highest BCUT2D eigenvalue weighted by atomic mass is 32.2. The van der Waals surface area contributed by atoms with E-state index in [9.17, 15) is 24.6 Å². The van der Waals surface area contributed by atoms with Crippen LogP contribution < -0.4 is 5.32 Å². The summed E-state index contributed by atoms with van der Waals surface area (Å²) in [6.45, 7) is 5.66. The number of hydrogen-bond acceptors (Lipinski definition) is 6. The van der Waals surface area contributed by atoms with E-state index in [0.717, 1.165) is 17.6 Å². The molecule has 0 saturated carbocycles. The van der Waals surface area contributed by atoms with Gasteiger partial charge >= 0.3 is 5.97 Å². The summed E-state index contributed by atoms with van der Waals surface area (Å²) in [4.78, 5) is 41.2. The average molecular weight is 454 g/mol. The molecule has 9 nitrogen and oxygen atoms in total. The van der Waals surface area contributed by atoms with E-state index in [1.807, 2.05) is 11.8 Å². The Morgan fingerprint density at radius 1 is 1.26 bits per heavy atom. The summed E-state index contributed by atoms with van der Waals surface area (Å²) in [6.07, 6.45) is -0.172. The number of quaternary nitrogens is 1. The Kier molecular flexibility index (Phi) is 5.65. The van der Waals surface area contributed by atoms with Crippen LogP contribution in [-0.4, -0.2) is 113 Å². The molecule has 2 amide bonds. The number of hydrogen-bond donors (Lipinski definition) is 3. The zero-order valence-corrected chi connectivity index (χ0v) is 19.6. The first kappa shape index (κ1) is 22.6. The molecular formula is C21H33N4O5S+. The van der Waals surface area contributed by atoms with Crippen LogP contribution in [0.25, 0.3) is 0 Å². The summed E-state index contributed by atoms with van der Waals surface area (Å²) in [6, 6.07) is -0.0936. The highest BCUT2D eigenvalue weighted by molar-refractivity contribution is 8.03. The molecule has 4 aliphatic rings. The zero-order chi connectivity index (χ0) is 22.8. The maximum absolute atomic E-state index is 12.9. The van der Waals surface area contributed by atoms with Gasteiger partial charge in [-0.25, -0.2) is 4.79 Å². The second-order valence-electron chi connectivity index (χ2n) is 10.2. The minimum absolute atomic E-state index is 0.0488. The highest BCUT2D eigenvalue weighted by Crippen LogP contribution is 2.51. The summed E-state index contributed by atoms with van der Waals surface area (Å²) in [7, 11) is 6.42. The SMILES string of the molecule is CC(O)C1C(=O)N2C(C(=O)O)=C(SC3CNC(C(=O)N4CC([N+](C)(C)C)C4)C3)C(C)[C@H]12. The third-order valence-electron chi connectivity index (χ3n) is 7.26. The van der Waals surface area contributed by atoms with Crippen LogP contribution in [0.3, 0.4) is 0 Å². The van der Waals surface area contributed by atoms with Crippen molar-refractivity contribution in [3.8, 4) is 0 Å². The molecule has 0 radical (unpaired) electrons. The van der Waals surface area contributed by atoms with E-state index in [1.165, 1.54) is 16.7 Å². The maximum Gasteiger partial charge on any atom is 0.353 e. The van der Waals surface area contributed by atoms with Crippen LogP contribution >= 0.6 is 11.8 Å². The van der Waals surface area contributed by atoms with Gasteiger partial charge in [0.25, 0.3) is 0 Å². The number of thioether (sulfide) groups is 1. The van der Waals surface area contributed by atoms with Crippen LogP contribution in [-0.2, 0) is 14.4 Å². The van der Waals surface area contributed by atoms with Crippen molar-refractivity contribution >= 4 is 29.5 Å². The normalized spacial score (nSPS) is 34.5. The number of nitrogens with one attached hydrogen (secondary N) is 1. The van der Waals surface area contributed by atoms with Crippen molar-refractivity contribution in [2.24, 2.45) is 11.8 Å². The molecule has 0 aromatic heterocycles. The van der Waals surface area contributed by atoms with Crippen molar-refractivity contribution in [3.05, 3.63) is 10.6 Å². The lowest BCUT2D eigenvalue weighted by Gasteiger charge is -2.47. The number of likely N-dealkylation sites (tertiary alicyclic amines) is 1. The summed E-state index contributed by atoms with van der Waals surface area (Å²) >= 11 is 1.47. The lowest BCUT2D eigenvalue weighted by Crippen LogP contribution is -2.67. The number of amides is 2. The van der Waals surface area contributed by atoms with Crippen LogP contribution in [0.1, 0.15) is 20.3 Å². The number of carbonyl (C=O) groups is 3. The summed E-state index contributed by atoms with van der Waals surface area (Å²) in [5.41, 5.74) is 0.0488. The van der Waals surface area contributed by atoms with E-state index in [-0.39, 0.29) is 40.8 Å². The zero-order valence-electron chi connectivity index (χ0n) is 18.7. The molecule has 4 rings (SSSR count). The number of aliphatic hydroxyl groups excluding tert-OH is 1. The Morgan fingerprint density at radius 3 is 2.45 bits per heavy atom. The standard InChI is InChI=1S/C21H32N4O5S/c1-10-16-15(11(2)26)20(28)24(16)17(21(29)30)18(10)31-13-6-14(22-7-13)19(27)23-8-12(9-23)25(3,4)5/h10-16,22,26H,6-9H2,1-5H3/p+1/t10?,11?,13?,14?,15?,16-/m1/s1. The lowest BCUT2D eigenvalue weighted by molar-refractivity contribution is -0.900. The van der Waals surface area contributed by atoms with Crippen molar-refractivity contribution in [2.75, 3.05) is 40.8 Å². The molecule has 4 heterocycles. The highest BCUT2D eigenvalue weighted by Gasteiger charge is 2.60. The Balaban J connectivity index is 1.40. The van der Waals surface area contributed by atoms with E-state index in [1.54, 1.807) is 6.92 Å². The van der Waals surface area contributed by atoms with Gasteiger partial charge < -0.3 is 29.8 Å². The van der Waals surface area contributed by atoms with E-state index in [2.05, 4.69) is 26.5 Å². The topological polar surface area (TPSA) is 110 Å². The molecule has 5 unspecified atom stereocenters. The minimum Gasteiger partial charge on any atom is -0.477 e. The molecule has 3 fully saturated rings. The number of fused-ring (bicyclic) bond motifs is 1. The Labute approximate surface area is 187 Å². The fourth-order valence-corrected chi connectivity index (χ4v) is 6.66. The van der Waals surface area contributed by atoms with Gasteiger partial charge in [-0.05, 0) is 13.3 Å². The van der Waals surface area contributed by atoms with E-state index in [0.29, 0.717) is 23.9 Å². The summed E-state index contributed by atoms with van der Waals surface area (Å²) < 4.78 is 0.841. The maximum atomic E-state index is 12.9. The molecule has 31 heavy (non-hydrogen) atoms. The van der Waals surface area contributed by atoms with Crippen molar-refractivity contribution in [3.63, 3.8) is 0 Å². The van der Waals surface area contributed by atoms with Crippen molar-refractivity contribution in [2.45, 2.75) is 49.7 Å². The average Bonchev–Trinajstić information content (AvgIpc) is 3.15. The first-order valence-electron chi connectivity index (χ1n) is 10.9. The van der Waals surface area contributed by atoms with Crippen LogP contribution in [0.4, 0.5) is 0 Å². The Bertz CT molecular complexity index is 832. The quantitative estimate of drug-likeness (QED) is 0.368. The number of carboxylic acids is 1. The van der Waals surface area contributed by atoms with E-state index in [4.69, 9.17) is 0 Å². The number of aliphatic carboxylic acids is 1. The molecule has 0 aliphatic carbocycles. The molecule has 0 aromatic rings. The molecule has 172 valence electrons. The first-order valence-corrected chi connectivity index (χ1v) is 11.8. The third kappa shape index (κ3) is 3.67. The van der Waals surface area contributed by atoms with Gasteiger partial charge in [0.1, 0.15) is 11.7 Å². The monoisotopic (exact) mass is 453 g/mol. The number of rotatable bonds is 6. The van der Waals surface area contributed by atoms with Crippen LogP contribution in [0.2, 0.25) is 0 Å². The van der Waals surface area contributed by atoms with E-state index >= 15 is 0 Å². The van der Waals surface area contributed by atoms with Gasteiger partial charge in [0.05, 0.1) is 58.3 Å². The molecule has 6 atom stereocenters. The minimum atomic E-state index is -1.11. The molecule has 4 aliphatic heterocycles. The predicted octanol–water partition coefficient (Wildman–Crippen LogP) is -0.479. The van der Waals surface area contributed by atoms with E-state index < -0.39 is 18.0 Å². The summed E-state index contributed by atoms with van der Waals surface area (Å²) in [5.74, 6) is -2.02. The van der Waals surface area contributed by atoms with Crippen molar-refractivity contribution < 1.29 is 29.1 Å². The Hall–Kier alpha value is -1.62. The van der Waals surface area contributed by atoms with Gasteiger partial charge in [-0.1, -0.05) is 6.92 Å². The van der Waals surface area contributed by atoms with Gasteiger partial charge in [-0.15, -0.1) is 11.8 Å². The molecule has 3 saturated heterocycles. The fourth-order valence-electron chi connectivity index (χ4n) is 5.18. The lowest BCUT2D eigenvalue weighted by atomic mass is 9.79. The van der Waals surface area contributed by atoms with Gasteiger partial charge in [0.2, 0.25) is 11.8 Å². The number of likely N-dealkylation sites (N-methyl/N-ethyl adjacent to an activating group) is 1. The molecule has 3 N–H and O–H groups in total. The molecule has 0 bridgehead atoms. The number of carboxylic acid groups (broad SMARTS) is 1. The second-order valence-corrected chi connectivity index (χ2v) is 11.6. The fraction of sp³-hybridized carbons (Fsp3) is 0.762. The number of aliphatic hydroxyl groups is 1.